The van der Waals surface area contributed by atoms with Gasteiger partial charge >= 0.3 is 0 Å². The van der Waals surface area contributed by atoms with Crippen LogP contribution in [-0.4, -0.2) is 20.5 Å². The molecule has 1 aromatic heterocycles. The van der Waals surface area contributed by atoms with Crippen LogP contribution in [0.4, 0.5) is 10.1 Å². The van der Waals surface area contributed by atoms with Gasteiger partial charge in [0.1, 0.15) is 16.9 Å². The molecule has 0 bridgehead atoms. The zero-order chi connectivity index (χ0) is 19.2. The molecule has 3 aromatic rings. The Morgan fingerprint density at radius 3 is 2.77 bits per heavy atom. The number of hydrogen-bond donors (Lipinski definition) is 0. The Kier molecular flexibility index (Phi) is 4.64. The molecule has 0 aliphatic carbocycles. The summed E-state index contributed by atoms with van der Waals surface area (Å²) in [5, 5.41) is 16.3. The molecule has 6 nitrogen and oxygen atoms in total. The number of aromatic nitrogens is 2. The highest BCUT2D eigenvalue weighted by molar-refractivity contribution is 9.10. The molecular weight excluding hydrogens is 429 g/mol. The number of halogens is 3. The minimum absolute atomic E-state index is 0.00880. The van der Waals surface area contributed by atoms with E-state index >= 15 is 0 Å². The molecule has 0 saturated heterocycles. The molecular formula is C17H10BrClFN3O3. The lowest BCUT2D eigenvalue weighted by atomic mass is 9.99. The van der Waals surface area contributed by atoms with Crippen molar-refractivity contribution < 1.29 is 14.1 Å². The Morgan fingerprint density at radius 2 is 2.15 bits per heavy atom. The van der Waals surface area contributed by atoms with Crippen molar-refractivity contribution in [3.05, 3.63) is 73.1 Å². The van der Waals surface area contributed by atoms with Gasteiger partial charge in [0.15, 0.2) is 0 Å². The first-order valence-electron chi connectivity index (χ1n) is 7.22. The van der Waals surface area contributed by atoms with Crippen molar-refractivity contribution >= 4 is 56.0 Å². The van der Waals surface area contributed by atoms with Crippen LogP contribution in [0.1, 0.15) is 21.6 Å². The van der Waals surface area contributed by atoms with Crippen LogP contribution in [0.2, 0.25) is 5.02 Å². The van der Waals surface area contributed by atoms with Crippen molar-refractivity contribution in [3.8, 4) is 0 Å². The van der Waals surface area contributed by atoms with Crippen LogP contribution in [0, 0.1) is 15.9 Å². The Bertz CT molecular complexity index is 1110. The lowest BCUT2D eigenvalue weighted by Gasteiger charge is -2.08. The highest BCUT2D eigenvalue weighted by Crippen LogP contribution is 2.38. The average molecular weight is 439 g/mol. The highest BCUT2D eigenvalue weighted by atomic mass is 79.9. The normalized spacial score (nSPS) is 10.9. The molecule has 26 heavy (non-hydrogen) atoms. The molecule has 0 spiro atoms. The maximum atomic E-state index is 13.6. The topological polar surface area (TPSA) is 78.0 Å². The summed E-state index contributed by atoms with van der Waals surface area (Å²) < 4.78 is 15.2. The summed E-state index contributed by atoms with van der Waals surface area (Å²) in [6.45, 7) is 3.67. The Balaban J connectivity index is 2.38. The fourth-order valence-corrected chi connectivity index (χ4v) is 3.59. The molecule has 3 rings (SSSR count). The summed E-state index contributed by atoms with van der Waals surface area (Å²) >= 11 is 9.24. The van der Waals surface area contributed by atoms with Crippen LogP contribution >= 0.6 is 27.5 Å². The summed E-state index contributed by atoms with van der Waals surface area (Å²) in [6, 6.07) is 4.52. The van der Waals surface area contributed by atoms with Gasteiger partial charge in [-0.1, -0.05) is 18.2 Å². The summed E-state index contributed by atoms with van der Waals surface area (Å²) in [6.07, 6.45) is 1.51. The fraction of sp³-hybridized carbons (Fsp3) is 0.0588. The van der Waals surface area contributed by atoms with E-state index in [9.17, 15) is 19.3 Å². The Hall–Kier alpha value is -2.58. The SMILES string of the molecule is C=Cc1c2cc([N+](=O)[O-])c(C(=O)c3cc(F)ccc3Cl)c(Br)c2nn1C. The maximum absolute atomic E-state index is 13.6. The van der Waals surface area contributed by atoms with E-state index in [2.05, 4.69) is 27.6 Å². The van der Waals surface area contributed by atoms with Gasteiger partial charge in [0.05, 0.1) is 20.1 Å². The van der Waals surface area contributed by atoms with Crippen LogP contribution in [0.25, 0.3) is 17.0 Å². The van der Waals surface area contributed by atoms with Crippen molar-refractivity contribution in [2.24, 2.45) is 7.05 Å². The van der Waals surface area contributed by atoms with Crippen molar-refractivity contribution in [2.75, 3.05) is 0 Å². The maximum Gasteiger partial charge on any atom is 0.282 e. The number of ketones is 1. The minimum atomic E-state index is -0.777. The first kappa shape index (κ1) is 18.2. The van der Waals surface area contributed by atoms with E-state index in [1.54, 1.807) is 7.05 Å². The number of fused-ring (bicyclic) bond motifs is 1. The lowest BCUT2D eigenvalue weighted by molar-refractivity contribution is -0.385. The number of nitro benzene ring substituents is 1. The van der Waals surface area contributed by atoms with Crippen LogP contribution in [0.3, 0.4) is 0 Å². The zero-order valence-electron chi connectivity index (χ0n) is 13.3. The zero-order valence-corrected chi connectivity index (χ0v) is 15.6. The van der Waals surface area contributed by atoms with Gasteiger partial charge in [0.25, 0.3) is 5.69 Å². The molecule has 9 heteroatoms. The third-order valence-electron chi connectivity index (χ3n) is 3.88. The minimum Gasteiger partial charge on any atom is -0.288 e. The average Bonchev–Trinajstić information content (AvgIpc) is 2.92. The van der Waals surface area contributed by atoms with Gasteiger partial charge in [-0.2, -0.15) is 5.10 Å². The van der Waals surface area contributed by atoms with Crippen LogP contribution < -0.4 is 0 Å². The van der Waals surface area contributed by atoms with E-state index in [0.29, 0.717) is 16.6 Å². The van der Waals surface area contributed by atoms with Crippen molar-refractivity contribution in [2.45, 2.75) is 0 Å². The number of carbonyl (C=O) groups is 1. The first-order chi connectivity index (χ1) is 12.3. The molecule has 0 aliphatic rings. The van der Waals surface area contributed by atoms with Crippen LogP contribution in [-0.2, 0) is 7.05 Å². The fourth-order valence-electron chi connectivity index (χ4n) is 2.71. The number of nitro groups is 1. The van der Waals surface area contributed by atoms with Crippen molar-refractivity contribution in [3.63, 3.8) is 0 Å². The molecule has 0 N–H and O–H groups in total. The lowest BCUT2D eigenvalue weighted by Crippen LogP contribution is -2.08. The third kappa shape index (κ3) is 2.81. The van der Waals surface area contributed by atoms with E-state index in [1.165, 1.54) is 22.9 Å². The van der Waals surface area contributed by atoms with E-state index < -0.39 is 22.2 Å². The number of hydrogen-bond acceptors (Lipinski definition) is 4. The summed E-state index contributed by atoms with van der Waals surface area (Å²) in [7, 11) is 1.65. The predicted molar refractivity (Wildman–Crippen MR) is 100 cm³/mol. The second-order valence-electron chi connectivity index (χ2n) is 5.40. The van der Waals surface area contributed by atoms with Crippen molar-refractivity contribution in [1.29, 1.82) is 0 Å². The van der Waals surface area contributed by atoms with Gasteiger partial charge in [-0.3, -0.25) is 19.6 Å². The smallest absolute Gasteiger partial charge is 0.282 e. The molecule has 0 saturated carbocycles. The van der Waals surface area contributed by atoms with Crippen molar-refractivity contribution in [1.82, 2.24) is 9.78 Å². The highest BCUT2D eigenvalue weighted by Gasteiger charge is 2.30. The molecule has 2 aromatic carbocycles. The van der Waals surface area contributed by atoms with Crippen LogP contribution in [0.5, 0.6) is 0 Å². The number of benzene rings is 2. The number of carbonyl (C=O) groups excluding carboxylic acids is 1. The van der Waals surface area contributed by atoms with Gasteiger partial charge in [-0.25, -0.2) is 4.39 Å². The standard InChI is InChI=1S/C17H10BrClFN3O3/c1-3-12-10-7-13(23(25)26)14(15(18)16(10)21-22(12)2)17(24)9-6-8(20)4-5-11(9)19/h3-7H,1H2,2H3. The molecule has 0 amide bonds. The molecule has 0 atom stereocenters. The summed E-state index contributed by atoms with van der Waals surface area (Å²) in [5.74, 6) is -1.45. The van der Waals surface area contributed by atoms with Gasteiger partial charge in [0.2, 0.25) is 5.78 Å². The monoisotopic (exact) mass is 437 g/mol. The van der Waals surface area contributed by atoms with Gasteiger partial charge in [0, 0.05) is 24.1 Å². The summed E-state index contributed by atoms with van der Waals surface area (Å²) in [4.78, 5) is 23.8. The third-order valence-corrected chi connectivity index (χ3v) is 4.99. The van der Waals surface area contributed by atoms with E-state index in [0.717, 1.165) is 12.1 Å². The molecule has 0 aliphatic heterocycles. The van der Waals surface area contributed by atoms with Gasteiger partial charge in [-0.05, 0) is 40.2 Å². The molecule has 132 valence electrons. The Morgan fingerprint density at radius 1 is 1.46 bits per heavy atom. The quantitative estimate of drug-likeness (QED) is 0.329. The largest absolute Gasteiger partial charge is 0.288 e. The predicted octanol–water partition coefficient (Wildman–Crippen LogP) is 4.91. The molecule has 1 heterocycles. The second kappa shape index (κ2) is 6.62. The van der Waals surface area contributed by atoms with Gasteiger partial charge in [-0.15, -0.1) is 0 Å². The summed E-state index contributed by atoms with van der Waals surface area (Å²) in [5.41, 5.74) is 0.0552. The number of aryl methyl sites for hydroxylation is 1. The van der Waals surface area contributed by atoms with E-state index in [-0.39, 0.29) is 20.6 Å². The second-order valence-corrected chi connectivity index (χ2v) is 6.60. The van der Waals surface area contributed by atoms with Gasteiger partial charge < -0.3 is 0 Å². The molecule has 0 unspecified atom stereocenters. The van der Waals surface area contributed by atoms with E-state index in [1.807, 2.05) is 0 Å². The number of rotatable bonds is 4. The van der Waals surface area contributed by atoms with E-state index in [4.69, 9.17) is 11.6 Å². The van der Waals surface area contributed by atoms with Crippen LogP contribution in [0.15, 0.2) is 35.3 Å². The molecule has 0 radical (unpaired) electrons. The molecule has 0 fully saturated rings. The Labute approximate surface area is 160 Å². The first-order valence-corrected chi connectivity index (χ1v) is 8.39. The number of nitrogens with zero attached hydrogens (tertiary/aromatic N) is 3.